The molecule has 2 aromatic carbocycles. The van der Waals surface area contributed by atoms with Gasteiger partial charge < -0.3 is 0 Å². The Hall–Kier alpha value is -2.67. The van der Waals surface area contributed by atoms with Crippen LogP contribution in [0.15, 0.2) is 59.8 Å². The van der Waals surface area contributed by atoms with Crippen molar-refractivity contribution < 1.29 is 4.92 Å². The van der Waals surface area contributed by atoms with E-state index in [4.69, 9.17) is 0 Å². The number of para-hydroxylation sites is 2. The Kier molecular flexibility index (Phi) is 4.23. The van der Waals surface area contributed by atoms with Crippen molar-refractivity contribution in [2.75, 3.05) is 0 Å². The number of nitro groups is 1. The Morgan fingerprint density at radius 2 is 1.80 bits per heavy atom. The van der Waals surface area contributed by atoms with Gasteiger partial charge in [0.25, 0.3) is 5.69 Å². The van der Waals surface area contributed by atoms with Gasteiger partial charge in [-0.2, -0.15) is 0 Å². The van der Waals surface area contributed by atoms with Gasteiger partial charge in [0.2, 0.25) is 0 Å². The van der Waals surface area contributed by atoms with Gasteiger partial charge in [0, 0.05) is 29.0 Å². The van der Waals surface area contributed by atoms with E-state index in [-0.39, 0.29) is 10.6 Å². The van der Waals surface area contributed by atoms with Crippen molar-refractivity contribution in [2.45, 2.75) is 29.7 Å². The highest BCUT2D eigenvalue weighted by Gasteiger charge is 2.31. The zero-order valence-corrected chi connectivity index (χ0v) is 14.2. The van der Waals surface area contributed by atoms with Crippen molar-refractivity contribution >= 4 is 17.4 Å². The number of aromatic nitrogens is 3. The number of thioether (sulfide) groups is 1. The predicted octanol–water partition coefficient (Wildman–Crippen LogP) is 4.35. The fourth-order valence-corrected chi connectivity index (χ4v) is 3.71. The van der Waals surface area contributed by atoms with Gasteiger partial charge in [-0.15, -0.1) is 10.2 Å². The molecule has 6 nitrogen and oxygen atoms in total. The summed E-state index contributed by atoms with van der Waals surface area (Å²) in [5.41, 5.74) is 1.86. The minimum absolute atomic E-state index is 0.142. The lowest BCUT2D eigenvalue weighted by molar-refractivity contribution is -0.385. The van der Waals surface area contributed by atoms with E-state index in [1.807, 2.05) is 36.4 Å². The Morgan fingerprint density at radius 3 is 2.52 bits per heavy atom. The fourth-order valence-electron chi connectivity index (χ4n) is 2.75. The minimum Gasteiger partial charge on any atom is -0.274 e. The van der Waals surface area contributed by atoms with Gasteiger partial charge in [0.05, 0.1) is 4.92 Å². The fraction of sp³-hybridized carbons (Fsp3) is 0.222. The van der Waals surface area contributed by atoms with Crippen LogP contribution in [0.4, 0.5) is 5.69 Å². The summed E-state index contributed by atoms with van der Waals surface area (Å²) in [5.74, 6) is 1.93. The third-order valence-corrected chi connectivity index (χ3v) is 5.14. The Labute approximate surface area is 149 Å². The quantitative estimate of drug-likeness (QED) is 0.375. The summed E-state index contributed by atoms with van der Waals surface area (Å²) in [4.78, 5) is 10.8. The first-order chi connectivity index (χ1) is 12.2. The molecule has 0 radical (unpaired) electrons. The molecule has 3 aromatic rings. The molecule has 7 heteroatoms. The average molecular weight is 352 g/mol. The van der Waals surface area contributed by atoms with Crippen LogP contribution >= 0.6 is 11.8 Å². The minimum atomic E-state index is -0.340. The number of nitrogens with zero attached hydrogens (tertiary/aromatic N) is 4. The van der Waals surface area contributed by atoms with Crippen LogP contribution in [0.3, 0.4) is 0 Å². The highest BCUT2D eigenvalue weighted by molar-refractivity contribution is 7.98. The van der Waals surface area contributed by atoms with Crippen LogP contribution in [0.2, 0.25) is 0 Å². The summed E-state index contributed by atoms with van der Waals surface area (Å²) < 4.78 is 2.08. The molecule has 1 saturated carbocycles. The van der Waals surface area contributed by atoms with Crippen molar-refractivity contribution in [3.8, 4) is 5.69 Å². The molecule has 1 aliphatic carbocycles. The van der Waals surface area contributed by atoms with Gasteiger partial charge in [-0.1, -0.05) is 48.2 Å². The number of hydrogen-bond donors (Lipinski definition) is 0. The summed E-state index contributed by atoms with van der Waals surface area (Å²) in [5, 5.41) is 20.7. The lowest BCUT2D eigenvalue weighted by Crippen LogP contribution is -2.02. The molecule has 1 fully saturated rings. The molecule has 4 rings (SSSR count). The molecule has 25 heavy (non-hydrogen) atoms. The first kappa shape index (κ1) is 15.8. The molecule has 126 valence electrons. The molecule has 1 heterocycles. The lowest BCUT2D eigenvalue weighted by atomic mass is 10.2. The highest BCUT2D eigenvalue weighted by atomic mass is 32.2. The molecule has 1 aliphatic rings. The van der Waals surface area contributed by atoms with Gasteiger partial charge in [-0.25, -0.2) is 0 Å². The van der Waals surface area contributed by atoms with Crippen LogP contribution in [-0.4, -0.2) is 19.7 Å². The number of hydrogen-bond acceptors (Lipinski definition) is 5. The molecule has 0 aliphatic heterocycles. The van der Waals surface area contributed by atoms with E-state index in [1.165, 1.54) is 17.8 Å². The van der Waals surface area contributed by atoms with E-state index in [9.17, 15) is 10.1 Å². The molecule has 0 atom stereocenters. The number of benzene rings is 2. The van der Waals surface area contributed by atoms with E-state index >= 15 is 0 Å². The molecule has 0 amide bonds. The molecule has 0 spiro atoms. The second kappa shape index (κ2) is 6.68. The maximum Gasteiger partial charge on any atom is 0.273 e. The van der Waals surface area contributed by atoms with Crippen LogP contribution in [0.1, 0.15) is 30.1 Å². The Morgan fingerprint density at radius 1 is 1.08 bits per heavy atom. The SMILES string of the molecule is O=[N+]([O-])c1ccccc1CSc1nnc(C2CC2)n1-c1ccccc1. The third kappa shape index (κ3) is 3.28. The van der Waals surface area contributed by atoms with Crippen LogP contribution in [0.5, 0.6) is 0 Å². The van der Waals surface area contributed by atoms with E-state index < -0.39 is 0 Å². The standard InChI is InChI=1S/C18H16N4O2S/c23-22(24)16-9-5-4-6-14(16)12-25-18-20-19-17(13-10-11-13)21(18)15-7-2-1-3-8-15/h1-9,13H,10-12H2. The normalized spacial score (nSPS) is 13.8. The van der Waals surface area contributed by atoms with E-state index in [1.54, 1.807) is 12.1 Å². The molecule has 0 bridgehead atoms. The van der Waals surface area contributed by atoms with Crippen molar-refractivity contribution in [1.82, 2.24) is 14.8 Å². The van der Waals surface area contributed by atoms with E-state index in [0.717, 1.165) is 29.5 Å². The maximum atomic E-state index is 11.2. The predicted molar refractivity (Wildman–Crippen MR) is 96.0 cm³/mol. The van der Waals surface area contributed by atoms with Gasteiger partial charge in [0.15, 0.2) is 5.16 Å². The summed E-state index contributed by atoms with van der Waals surface area (Å²) in [6.07, 6.45) is 2.28. The molecule has 0 saturated heterocycles. The van der Waals surface area contributed by atoms with Crippen molar-refractivity contribution in [3.63, 3.8) is 0 Å². The summed E-state index contributed by atoms with van der Waals surface area (Å²) in [6.45, 7) is 0. The first-order valence-corrected chi connectivity index (χ1v) is 9.08. The molecular formula is C18H16N4O2S. The van der Waals surface area contributed by atoms with E-state index in [2.05, 4.69) is 14.8 Å². The molecule has 0 N–H and O–H groups in total. The van der Waals surface area contributed by atoms with E-state index in [0.29, 0.717) is 17.2 Å². The Bertz CT molecular complexity index is 906. The van der Waals surface area contributed by atoms with Crippen molar-refractivity contribution in [3.05, 3.63) is 76.1 Å². The summed E-state index contributed by atoms with van der Waals surface area (Å²) in [7, 11) is 0. The van der Waals surface area contributed by atoms with Crippen LogP contribution in [0.25, 0.3) is 5.69 Å². The second-order valence-electron chi connectivity index (χ2n) is 5.96. The van der Waals surface area contributed by atoms with Crippen molar-refractivity contribution in [2.24, 2.45) is 0 Å². The summed E-state index contributed by atoms with van der Waals surface area (Å²) in [6, 6.07) is 16.8. The lowest BCUT2D eigenvalue weighted by Gasteiger charge is -2.09. The van der Waals surface area contributed by atoms with Gasteiger partial charge in [-0.3, -0.25) is 14.7 Å². The average Bonchev–Trinajstić information content (AvgIpc) is 3.40. The topological polar surface area (TPSA) is 73.8 Å². The van der Waals surface area contributed by atoms with Gasteiger partial charge in [0.1, 0.15) is 5.82 Å². The zero-order valence-electron chi connectivity index (χ0n) is 13.4. The molecule has 1 aromatic heterocycles. The molecule has 0 unspecified atom stereocenters. The monoisotopic (exact) mass is 352 g/mol. The van der Waals surface area contributed by atoms with Gasteiger partial charge in [-0.05, 0) is 25.0 Å². The van der Waals surface area contributed by atoms with Crippen molar-refractivity contribution in [1.29, 1.82) is 0 Å². The largest absolute Gasteiger partial charge is 0.274 e. The van der Waals surface area contributed by atoms with Crippen LogP contribution in [-0.2, 0) is 5.75 Å². The van der Waals surface area contributed by atoms with Gasteiger partial charge >= 0.3 is 0 Å². The Balaban J connectivity index is 1.65. The molecular weight excluding hydrogens is 336 g/mol. The maximum absolute atomic E-state index is 11.2. The van der Waals surface area contributed by atoms with Crippen LogP contribution < -0.4 is 0 Å². The number of rotatable bonds is 6. The summed E-state index contributed by atoms with van der Waals surface area (Å²) >= 11 is 1.48. The highest BCUT2D eigenvalue weighted by Crippen LogP contribution is 2.41. The van der Waals surface area contributed by atoms with Crippen LogP contribution in [0, 0.1) is 10.1 Å². The second-order valence-corrected chi connectivity index (χ2v) is 6.90. The zero-order chi connectivity index (χ0) is 17.2. The number of nitro benzene ring substituents is 1. The first-order valence-electron chi connectivity index (χ1n) is 8.10. The smallest absolute Gasteiger partial charge is 0.273 e. The third-order valence-electron chi connectivity index (χ3n) is 4.16.